The fraction of sp³-hybridized carbons (Fsp3) is 0.762. The first-order valence-corrected chi connectivity index (χ1v) is 9.45. The van der Waals surface area contributed by atoms with Gasteiger partial charge in [0.25, 0.3) is 0 Å². The monoisotopic (exact) mass is 362 g/mol. The molecule has 0 unspecified atom stereocenters. The SMILES string of the molecule is CO[C@@]12C=C3COC(C)(C)O[C@@]34C[C@@H]1C(C)(C)O[C@]2(CC=C(C)C)C4=O. The maximum Gasteiger partial charge on any atom is 0.204 e. The van der Waals surface area contributed by atoms with Crippen molar-refractivity contribution < 1.29 is 23.7 Å². The number of rotatable bonds is 3. The van der Waals surface area contributed by atoms with Gasteiger partial charge in [-0.05, 0) is 59.6 Å². The van der Waals surface area contributed by atoms with Crippen molar-refractivity contribution >= 4 is 5.78 Å². The Hall–Kier alpha value is -1.01. The molecule has 3 fully saturated rings. The molecule has 4 bridgehead atoms. The average Bonchev–Trinajstić information content (AvgIpc) is 2.70. The number of methoxy groups -OCH3 is 1. The number of allylic oxidation sites excluding steroid dienone is 1. The molecule has 0 aromatic rings. The van der Waals surface area contributed by atoms with Crippen LogP contribution in [0.3, 0.4) is 0 Å². The minimum Gasteiger partial charge on any atom is -0.370 e. The molecule has 144 valence electrons. The molecule has 5 heteroatoms. The zero-order valence-corrected chi connectivity index (χ0v) is 16.9. The van der Waals surface area contributed by atoms with Crippen molar-refractivity contribution in [2.24, 2.45) is 5.92 Å². The lowest BCUT2D eigenvalue weighted by Gasteiger charge is -2.60. The Balaban J connectivity index is 1.97. The van der Waals surface area contributed by atoms with Crippen molar-refractivity contribution in [3.05, 3.63) is 23.3 Å². The van der Waals surface area contributed by atoms with E-state index in [1.54, 1.807) is 7.11 Å². The lowest BCUT2D eigenvalue weighted by Crippen LogP contribution is -2.76. The maximum atomic E-state index is 14.0. The molecule has 0 radical (unpaired) electrons. The number of ether oxygens (including phenoxy) is 4. The van der Waals surface area contributed by atoms with Crippen LogP contribution in [-0.4, -0.2) is 47.7 Å². The smallest absolute Gasteiger partial charge is 0.204 e. The van der Waals surface area contributed by atoms with Crippen molar-refractivity contribution in [3.8, 4) is 0 Å². The fourth-order valence-corrected chi connectivity index (χ4v) is 5.62. The summed E-state index contributed by atoms with van der Waals surface area (Å²) < 4.78 is 24.9. The molecule has 0 aromatic heterocycles. The highest BCUT2D eigenvalue weighted by molar-refractivity contribution is 6.03. The zero-order valence-electron chi connectivity index (χ0n) is 16.9. The van der Waals surface area contributed by atoms with Crippen LogP contribution in [0.5, 0.6) is 0 Å². The first kappa shape index (κ1) is 18.4. The predicted octanol–water partition coefficient (Wildman–Crippen LogP) is 3.33. The van der Waals surface area contributed by atoms with E-state index in [1.807, 2.05) is 27.7 Å². The van der Waals surface area contributed by atoms with Crippen LogP contribution in [0.2, 0.25) is 0 Å². The van der Waals surface area contributed by atoms with Gasteiger partial charge in [0.2, 0.25) is 5.78 Å². The van der Waals surface area contributed by atoms with Crippen LogP contribution >= 0.6 is 0 Å². The number of carbonyl (C=O) groups excluding carboxylic acids is 1. The van der Waals surface area contributed by atoms with Crippen molar-refractivity contribution in [1.82, 2.24) is 0 Å². The fourth-order valence-electron chi connectivity index (χ4n) is 5.62. The highest BCUT2D eigenvalue weighted by Gasteiger charge is 2.82. The van der Waals surface area contributed by atoms with E-state index in [0.29, 0.717) is 19.4 Å². The van der Waals surface area contributed by atoms with E-state index in [4.69, 9.17) is 18.9 Å². The van der Waals surface area contributed by atoms with E-state index in [9.17, 15) is 4.79 Å². The molecule has 5 rings (SSSR count). The average molecular weight is 362 g/mol. The van der Waals surface area contributed by atoms with Crippen LogP contribution in [0, 0.1) is 5.92 Å². The summed E-state index contributed by atoms with van der Waals surface area (Å²) in [6.45, 7) is 12.3. The van der Waals surface area contributed by atoms with E-state index in [0.717, 1.165) is 11.1 Å². The summed E-state index contributed by atoms with van der Waals surface area (Å²) in [7, 11) is 1.69. The van der Waals surface area contributed by atoms with E-state index in [1.165, 1.54) is 0 Å². The highest BCUT2D eigenvalue weighted by atomic mass is 16.7. The molecule has 1 spiro atoms. The number of hydrogen-bond donors (Lipinski definition) is 0. The third-order valence-electron chi connectivity index (χ3n) is 6.69. The lowest BCUT2D eigenvalue weighted by atomic mass is 9.51. The van der Waals surface area contributed by atoms with Gasteiger partial charge in [-0.15, -0.1) is 0 Å². The first-order chi connectivity index (χ1) is 11.9. The second-order valence-electron chi connectivity index (χ2n) is 9.39. The Kier molecular flexibility index (Phi) is 3.58. The number of hydrogen-bond acceptors (Lipinski definition) is 5. The van der Waals surface area contributed by atoms with Crippen molar-refractivity contribution in [2.45, 2.75) is 82.6 Å². The van der Waals surface area contributed by atoms with Crippen LogP contribution in [0.15, 0.2) is 23.3 Å². The maximum absolute atomic E-state index is 14.0. The van der Waals surface area contributed by atoms with Crippen LogP contribution in [-0.2, 0) is 23.7 Å². The van der Waals surface area contributed by atoms with Gasteiger partial charge in [0.15, 0.2) is 17.0 Å². The molecule has 0 aromatic carbocycles. The first-order valence-electron chi connectivity index (χ1n) is 9.45. The summed E-state index contributed by atoms with van der Waals surface area (Å²) in [6, 6.07) is 0. The van der Waals surface area contributed by atoms with Gasteiger partial charge in [0, 0.05) is 19.4 Å². The molecular weight excluding hydrogens is 332 g/mol. The van der Waals surface area contributed by atoms with Crippen LogP contribution in [0.1, 0.15) is 54.4 Å². The minimum absolute atomic E-state index is 0.0138. The van der Waals surface area contributed by atoms with Gasteiger partial charge in [-0.25, -0.2) is 0 Å². The molecular formula is C21H30O5. The summed E-state index contributed by atoms with van der Waals surface area (Å²) in [6.07, 6.45) is 5.22. The van der Waals surface area contributed by atoms with Crippen LogP contribution in [0.25, 0.3) is 0 Å². The minimum atomic E-state index is -1.07. The molecule has 1 saturated carbocycles. The topological polar surface area (TPSA) is 54.0 Å². The molecule has 26 heavy (non-hydrogen) atoms. The summed E-state index contributed by atoms with van der Waals surface area (Å²) in [5.41, 5.74) is -1.28. The van der Waals surface area contributed by atoms with Crippen LogP contribution in [0.4, 0.5) is 0 Å². The Morgan fingerprint density at radius 3 is 2.58 bits per heavy atom. The number of ketones is 1. The molecule has 3 aliphatic carbocycles. The Labute approximate surface area is 155 Å². The third-order valence-corrected chi connectivity index (χ3v) is 6.69. The summed E-state index contributed by atoms with van der Waals surface area (Å²) in [4.78, 5) is 14.0. The summed E-state index contributed by atoms with van der Waals surface area (Å²) >= 11 is 0. The molecule has 2 saturated heterocycles. The van der Waals surface area contributed by atoms with Gasteiger partial charge >= 0.3 is 0 Å². The summed E-state index contributed by atoms with van der Waals surface area (Å²) in [5.74, 6) is -0.792. The van der Waals surface area contributed by atoms with E-state index >= 15 is 0 Å². The van der Waals surface area contributed by atoms with Gasteiger partial charge in [0.1, 0.15) is 5.60 Å². The zero-order chi connectivity index (χ0) is 19.2. The Bertz CT molecular complexity index is 729. The second-order valence-corrected chi connectivity index (χ2v) is 9.39. The lowest BCUT2D eigenvalue weighted by molar-refractivity contribution is -0.300. The number of carbonyl (C=O) groups is 1. The quantitative estimate of drug-likeness (QED) is 0.721. The van der Waals surface area contributed by atoms with Crippen LogP contribution < -0.4 is 0 Å². The van der Waals surface area contributed by atoms with Crippen molar-refractivity contribution in [2.75, 3.05) is 13.7 Å². The third kappa shape index (κ3) is 1.98. The molecule has 2 aliphatic heterocycles. The predicted molar refractivity (Wildman–Crippen MR) is 96.7 cm³/mol. The van der Waals surface area contributed by atoms with E-state index < -0.39 is 28.2 Å². The van der Waals surface area contributed by atoms with Gasteiger partial charge < -0.3 is 18.9 Å². The Morgan fingerprint density at radius 2 is 1.96 bits per heavy atom. The van der Waals surface area contributed by atoms with Crippen molar-refractivity contribution in [1.29, 1.82) is 0 Å². The standard InChI is InChI=1S/C21H30O5/c1-13(2)8-9-20-16(22)19-11-15(17(3,4)25-20)21(20,23-7)10-14(19)12-24-18(5,6)26-19/h8,10,15H,9,11-12H2,1-7H3/t15-,19+,20-,21+/m1/s1. The highest BCUT2D eigenvalue weighted by Crippen LogP contribution is 2.67. The largest absolute Gasteiger partial charge is 0.370 e. The van der Waals surface area contributed by atoms with E-state index in [-0.39, 0.29) is 11.7 Å². The van der Waals surface area contributed by atoms with Gasteiger partial charge in [-0.3, -0.25) is 4.79 Å². The molecule has 0 N–H and O–H groups in total. The number of Topliss-reactive ketones (excluding diaryl/α,β-unsaturated/α-hetero) is 1. The molecule has 5 nitrogen and oxygen atoms in total. The normalized spacial score (nSPS) is 44.5. The van der Waals surface area contributed by atoms with Gasteiger partial charge in [-0.2, -0.15) is 0 Å². The van der Waals surface area contributed by atoms with Crippen molar-refractivity contribution in [3.63, 3.8) is 0 Å². The molecule has 5 aliphatic rings. The molecule has 4 atom stereocenters. The molecule has 2 heterocycles. The second kappa shape index (κ2) is 5.07. The van der Waals surface area contributed by atoms with Gasteiger partial charge in [-0.1, -0.05) is 11.6 Å². The van der Waals surface area contributed by atoms with E-state index in [2.05, 4.69) is 26.0 Å². The van der Waals surface area contributed by atoms with Gasteiger partial charge in [0.05, 0.1) is 12.2 Å². The Morgan fingerprint density at radius 1 is 1.27 bits per heavy atom. The molecule has 0 amide bonds. The summed E-state index contributed by atoms with van der Waals surface area (Å²) in [5, 5.41) is 0.